The fourth-order valence-corrected chi connectivity index (χ4v) is 1.63. The molecule has 0 bridgehead atoms. The van der Waals surface area contributed by atoms with Crippen LogP contribution in [-0.4, -0.2) is 20.9 Å². The molecule has 2 heterocycles. The van der Waals surface area contributed by atoms with Crippen LogP contribution in [-0.2, 0) is 0 Å². The maximum Gasteiger partial charge on any atom is 0.326 e. The Morgan fingerprint density at radius 1 is 1.32 bits per heavy atom. The smallest absolute Gasteiger partial charge is 0.319 e. The zero-order valence-corrected chi connectivity index (χ0v) is 10.5. The molecule has 2 aromatic rings. The first-order chi connectivity index (χ1) is 8.95. The van der Waals surface area contributed by atoms with E-state index in [1.165, 1.54) is 6.07 Å². The van der Waals surface area contributed by atoms with E-state index in [0.29, 0.717) is 16.5 Å². The normalized spacial score (nSPS) is 10.2. The molecule has 0 saturated carbocycles. The van der Waals surface area contributed by atoms with Gasteiger partial charge < -0.3 is 10.3 Å². The minimum Gasteiger partial charge on any atom is -0.319 e. The van der Waals surface area contributed by atoms with Crippen molar-refractivity contribution in [3.05, 3.63) is 55.6 Å². The summed E-state index contributed by atoms with van der Waals surface area (Å²) in [6.45, 7) is 1.67. The molecule has 0 aliphatic carbocycles. The number of hydrogen-bond acceptors (Lipinski definition) is 4. The summed E-state index contributed by atoms with van der Waals surface area (Å²) in [5.74, 6) is -0.615. The molecule has 3 N–H and O–H groups in total. The molecule has 1 amide bonds. The molecule has 0 aromatic carbocycles. The number of hydrogen-bond donors (Lipinski definition) is 3. The van der Waals surface area contributed by atoms with Gasteiger partial charge in [0.1, 0.15) is 10.8 Å². The molecule has 0 saturated heterocycles. The molecule has 19 heavy (non-hydrogen) atoms. The van der Waals surface area contributed by atoms with Crippen molar-refractivity contribution in [1.82, 2.24) is 15.0 Å². The molecule has 2 rings (SSSR count). The largest absolute Gasteiger partial charge is 0.326 e. The monoisotopic (exact) mass is 280 g/mol. The highest BCUT2D eigenvalue weighted by molar-refractivity contribution is 6.29. The van der Waals surface area contributed by atoms with E-state index in [-0.39, 0.29) is 5.69 Å². The summed E-state index contributed by atoms with van der Waals surface area (Å²) in [6, 6.07) is 4.09. The van der Waals surface area contributed by atoms with Crippen LogP contribution in [0.15, 0.2) is 27.8 Å². The summed E-state index contributed by atoms with van der Waals surface area (Å²) >= 11 is 5.70. The summed E-state index contributed by atoms with van der Waals surface area (Å²) < 4.78 is 0. The fourth-order valence-electron chi connectivity index (χ4n) is 1.44. The molecule has 0 atom stereocenters. The van der Waals surface area contributed by atoms with E-state index < -0.39 is 17.2 Å². The first kappa shape index (κ1) is 13.0. The summed E-state index contributed by atoms with van der Waals surface area (Å²) in [5, 5.41) is 2.83. The number of aromatic nitrogens is 3. The van der Waals surface area contributed by atoms with Crippen molar-refractivity contribution >= 4 is 23.2 Å². The molecular formula is C11H9ClN4O3. The average Bonchev–Trinajstić information content (AvgIpc) is 2.31. The van der Waals surface area contributed by atoms with Crippen molar-refractivity contribution in [3.63, 3.8) is 0 Å². The van der Waals surface area contributed by atoms with Crippen molar-refractivity contribution in [2.24, 2.45) is 0 Å². The highest BCUT2D eigenvalue weighted by Gasteiger charge is 2.10. The number of aromatic amines is 2. The van der Waals surface area contributed by atoms with Crippen LogP contribution in [0.25, 0.3) is 0 Å². The fraction of sp³-hybridized carbons (Fsp3) is 0.0909. The van der Waals surface area contributed by atoms with Gasteiger partial charge in [-0.25, -0.2) is 9.78 Å². The van der Waals surface area contributed by atoms with Crippen molar-refractivity contribution in [2.45, 2.75) is 6.92 Å². The number of H-pyrrole nitrogens is 2. The van der Waals surface area contributed by atoms with Gasteiger partial charge in [-0.1, -0.05) is 11.6 Å². The molecule has 7 nitrogen and oxygen atoms in total. The number of carbonyl (C=O) groups is 1. The predicted molar refractivity (Wildman–Crippen MR) is 69.6 cm³/mol. The van der Waals surface area contributed by atoms with Gasteiger partial charge in [-0.3, -0.25) is 14.6 Å². The molecule has 0 aliphatic heterocycles. The lowest BCUT2D eigenvalue weighted by Crippen LogP contribution is -2.27. The van der Waals surface area contributed by atoms with Gasteiger partial charge in [-0.15, -0.1) is 0 Å². The summed E-state index contributed by atoms with van der Waals surface area (Å²) in [4.78, 5) is 42.2. The molecular weight excluding hydrogens is 272 g/mol. The second-order valence-corrected chi connectivity index (χ2v) is 4.11. The number of halogens is 1. The maximum atomic E-state index is 11.9. The molecule has 98 valence electrons. The van der Waals surface area contributed by atoms with E-state index in [9.17, 15) is 14.4 Å². The number of rotatable bonds is 2. The number of pyridine rings is 1. The van der Waals surface area contributed by atoms with E-state index in [1.807, 2.05) is 4.98 Å². The zero-order valence-electron chi connectivity index (χ0n) is 9.78. The van der Waals surface area contributed by atoms with E-state index in [4.69, 9.17) is 11.6 Å². The standard InChI is InChI=1S/C11H9ClN4O3/c1-5-6(2-3-8(12)13-5)14-10(18)7-4-9(17)16-11(19)15-7/h2-4H,1H3,(H,14,18)(H2,15,16,17,19). The molecule has 0 spiro atoms. The molecule has 2 aromatic heterocycles. The lowest BCUT2D eigenvalue weighted by molar-refractivity contribution is 0.102. The number of nitrogens with zero attached hydrogens (tertiary/aromatic N) is 1. The zero-order chi connectivity index (χ0) is 14.0. The number of anilines is 1. The van der Waals surface area contributed by atoms with Gasteiger partial charge in [0, 0.05) is 6.07 Å². The van der Waals surface area contributed by atoms with E-state index >= 15 is 0 Å². The SMILES string of the molecule is Cc1nc(Cl)ccc1NC(=O)c1cc(=O)[nH]c(=O)[nH]1. The van der Waals surface area contributed by atoms with Gasteiger partial charge in [0.2, 0.25) is 0 Å². The van der Waals surface area contributed by atoms with Crippen LogP contribution in [0, 0.1) is 6.92 Å². The van der Waals surface area contributed by atoms with Gasteiger partial charge in [0.05, 0.1) is 11.4 Å². The van der Waals surface area contributed by atoms with Crippen LogP contribution in [0.2, 0.25) is 5.15 Å². The highest BCUT2D eigenvalue weighted by Crippen LogP contribution is 2.15. The van der Waals surface area contributed by atoms with Crippen LogP contribution < -0.4 is 16.6 Å². The average molecular weight is 281 g/mol. The second kappa shape index (κ2) is 5.07. The van der Waals surface area contributed by atoms with Crippen LogP contribution in [0.5, 0.6) is 0 Å². The Morgan fingerprint density at radius 2 is 2.05 bits per heavy atom. The molecule has 0 radical (unpaired) electrons. The van der Waals surface area contributed by atoms with E-state index in [2.05, 4.69) is 15.3 Å². The number of carbonyl (C=O) groups excluding carboxylic acids is 1. The third kappa shape index (κ3) is 3.08. The van der Waals surface area contributed by atoms with Gasteiger partial charge in [-0.2, -0.15) is 0 Å². The molecule has 0 aliphatic rings. The lowest BCUT2D eigenvalue weighted by Gasteiger charge is -2.07. The third-order valence-electron chi connectivity index (χ3n) is 2.31. The number of aryl methyl sites for hydroxylation is 1. The van der Waals surface area contributed by atoms with Crippen LogP contribution in [0.3, 0.4) is 0 Å². The molecule has 0 unspecified atom stereocenters. The van der Waals surface area contributed by atoms with Gasteiger partial charge in [0.15, 0.2) is 0 Å². The Morgan fingerprint density at radius 3 is 2.68 bits per heavy atom. The minimum absolute atomic E-state index is 0.136. The Bertz CT molecular complexity index is 722. The van der Waals surface area contributed by atoms with Gasteiger partial charge in [-0.05, 0) is 19.1 Å². The van der Waals surface area contributed by atoms with Gasteiger partial charge >= 0.3 is 5.69 Å². The van der Waals surface area contributed by atoms with Crippen molar-refractivity contribution in [3.8, 4) is 0 Å². The summed E-state index contributed by atoms with van der Waals surface area (Å²) in [5.41, 5.74) is -0.574. The first-order valence-corrected chi connectivity index (χ1v) is 5.61. The molecule has 0 fully saturated rings. The predicted octanol–water partition coefficient (Wildman–Crippen LogP) is 0.672. The van der Waals surface area contributed by atoms with Crippen molar-refractivity contribution in [1.29, 1.82) is 0 Å². The van der Waals surface area contributed by atoms with E-state index in [0.717, 1.165) is 6.07 Å². The highest BCUT2D eigenvalue weighted by atomic mass is 35.5. The number of nitrogens with one attached hydrogen (secondary N) is 3. The Balaban J connectivity index is 2.30. The Kier molecular flexibility index (Phi) is 3.48. The Labute approximate surface area is 111 Å². The van der Waals surface area contributed by atoms with Gasteiger partial charge in [0.25, 0.3) is 11.5 Å². The third-order valence-corrected chi connectivity index (χ3v) is 2.52. The van der Waals surface area contributed by atoms with Crippen LogP contribution >= 0.6 is 11.6 Å². The van der Waals surface area contributed by atoms with Crippen LogP contribution in [0.1, 0.15) is 16.2 Å². The quantitative estimate of drug-likeness (QED) is 0.703. The minimum atomic E-state index is -0.747. The topological polar surface area (TPSA) is 108 Å². The second-order valence-electron chi connectivity index (χ2n) is 3.72. The Hall–Kier alpha value is -2.41. The maximum absolute atomic E-state index is 11.9. The van der Waals surface area contributed by atoms with Crippen molar-refractivity contribution < 1.29 is 4.79 Å². The van der Waals surface area contributed by atoms with E-state index in [1.54, 1.807) is 13.0 Å². The lowest BCUT2D eigenvalue weighted by atomic mass is 10.3. The van der Waals surface area contributed by atoms with Crippen molar-refractivity contribution in [2.75, 3.05) is 5.32 Å². The molecule has 8 heteroatoms. The first-order valence-electron chi connectivity index (χ1n) is 5.24. The van der Waals surface area contributed by atoms with Crippen LogP contribution in [0.4, 0.5) is 5.69 Å². The summed E-state index contributed by atoms with van der Waals surface area (Å²) in [6.07, 6.45) is 0. The number of amides is 1. The summed E-state index contributed by atoms with van der Waals surface area (Å²) in [7, 11) is 0.